The van der Waals surface area contributed by atoms with E-state index in [1.807, 2.05) is 13.0 Å². The van der Waals surface area contributed by atoms with Crippen molar-refractivity contribution in [1.29, 1.82) is 0 Å². The van der Waals surface area contributed by atoms with Crippen LogP contribution in [-0.4, -0.2) is 60.5 Å². The molecule has 5 rings (SSSR count). The summed E-state index contributed by atoms with van der Waals surface area (Å²) < 4.78 is 21.1. The van der Waals surface area contributed by atoms with Crippen LogP contribution in [0.3, 0.4) is 0 Å². The number of benzene rings is 1. The third-order valence-corrected chi connectivity index (χ3v) is 6.93. The summed E-state index contributed by atoms with van der Waals surface area (Å²) in [4.78, 5) is 33.1. The molecule has 9 heteroatoms. The molecule has 0 unspecified atom stereocenters. The zero-order valence-corrected chi connectivity index (χ0v) is 18.9. The fraction of sp³-hybridized carbons (Fsp3) is 0.458. The van der Waals surface area contributed by atoms with Crippen LogP contribution in [0.4, 0.5) is 15.8 Å². The average molecular weight is 454 g/mol. The maximum absolute atomic E-state index is 15.2. The summed E-state index contributed by atoms with van der Waals surface area (Å²) in [6.07, 6.45) is 2.30. The molecule has 1 saturated carbocycles. The van der Waals surface area contributed by atoms with Crippen molar-refractivity contribution in [2.45, 2.75) is 38.3 Å². The SMILES string of the molecule is CNC(=O)c1ccc(N2CCN(Cc3ccc4c(c3F)NC(=O)C3(CCC3)O4)CC2)c(C)n1. The van der Waals surface area contributed by atoms with Crippen molar-refractivity contribution in [3.05, 3.63) is 47.0 Å². The number of piperazine rings is 1. The molecular weight excluding hydrogens is 425 g/mol. The minimum atomic E-state index is -0.803. The maximum Gasteiger partial charge on any atom is 0.269 e. The zero-order chi connectivity index (χ0) is 23.2. The van der Waals surface area contributed by atoms with Crippen molar-refractivity contribution in [3.63, 3.8) is 0 Å². The molecule has 1 saturated heterocycles. The summed E-state index contributed by atoms with van der Waals surface area (Å²) in [6, 6.07) is 7.20. The second-order valence-corrected chi connectivity index (χ2v) is 8.96. The second kappa shape index (κ2) is 8.30. The van der Waals surface area contributed by atoms with Gasteiger partial charge in [-0.25, -0.2) is 9.37 Å². The van der Waals surface area contributed by atoms with E-state index in [2.05, 4.69) is 25.4 Å². The van der Waals surface area contributed by atoms with E-state index in [-0.39, 0.29) is 17.5 Å². The molecule has 3 aliphatic rings. The summed E-state index contributed by atoms with van der Waals surface area (Å²) in [5.74, 6) is -0.436. The fourth-order valence-corrected chi connectivity index (χ4v) is 4.77. The van der Waals surface area contributed by atoms with Gasteiger partial charge in [0.2, 0.25) is 0 Å². The summed E-state index contributed by atoms with van der Waals surface area (Å²) >= 11 is 0. The quantitative estimate of drug-likeness (QED) is 0.740. The van der Waals surface area contributed by atoms with Crippen LogP contribution < -0.4 is 20.3 Å². The van der Waals surface area contributed by atoms with Crippen molar-refractivity contribution in [2.24, 2.45) is 0 Å². The van der Waals surface area contributed by atoms with Gasteiger partial charge in [-0.1, -0.05) is 6.07 Å². The number of hydrogen-bond acceptors (Lipinski definition) is 6. The Hall–Kier alpha value is -3.20. The lowest BCUT2D eigenvalue weighted by Crippen LogP contribution is -2.55. The lowest BCUT2D eigenvalue weighted by atomic mass is 9.78. The highest BCUT2D eigenvalue weighted by Gasteiger charge is 2.50. The van der Waals surface area contributed by atoms with Gasteiger partial charge in [0.15, 0.2) is 11.4 Å². The number of aromatic nitrogens is 1. The second-order valence-electron chi connectivity index (χ2n) is 8.96. The first-order valence-electron chi connectivity index (χ1n) is 11.4. The van der Waals surface area contributed by atoms with E-state index in [0.717, 1.165) is 44.0 Å². The molecule has 2 fully saturated rings. The monoisotopic (exact) mass is 453 g/mol. The molecule has 8 nitrogen and oxygen atoms in total. The van der Waals surface area contributed by atoms with E-state index in [4.69, 9.17) is 4.74 Å². The molecule has 0 radical (unpaired) electrons. The third-order valence-electron chi connectivity index (χ3n) is 6.93. The number of amides is 2. The van der Waals surface area contributed by atoms with Crippen molar-refractivity contribution in [1.82, 2.24) is 15.2 Å². The van der Waals surface area contributed by atoms with Gasteiger partial charge < -0.3 is 20.3 Å². The molecule has 1 spiro atoms. The number of rotatable bonds is 4. The van der Waals surface area contributed by atoms with E-state index in [1.165, 1.54) is 0 Å². The molecule has 174 valence electrons. The highest BCUT2D eigenvalue weighted by atomic mass is 19.1. The lowest BCUT2D eigenvalue weighted by molar-refractivity contribution is -0.140. The van der Waals surface area contributed by atoms with Gasteiger partial charge in [0.25, 0.3) is 11.8 Å². The van der Waals surface area contributed by atoms with Crippen molar-refractivity contribution >= 4 is 23.2 Å². The molecule has 1 aromatic heterocycles. The average Bonchev–Trinajstić information content (AvgIpc) is 2.80. The molecule has 1 aliphatic carbocycles. The number of ether oxygens (including phenoxy) is 1. The maximum atomic E-state index is 15.2. The van der Waals surface area contributed by atoms with Gasteiger partial charge in [0.1, 0.15) is 17.1 Å². The third kappa shape index (κ3) is 3.80. The van der Waals surface area contributed by atoms with Gasteiger partial charge >= 0.3 is 0 Å². The Kier molecular flexibility index (Phi) is 5.44. The number of carbonyl (C=O) groups is 2. The smallest absolute Gasteiger partial charge is 0.269 e. The van der Waals surface area contributed by atoms with Gasteiger partial charge in [-0.05, 0) is 44.4 Å². The van der Waals surface area contributed by atoms with Gasteiger partial charge in [-0.15, -0.1) is 0 Å². The van der Waals surface area contributed by atoms with Gasteiger partial charge in [-0.2, -0.15) is 0 Å². The van der Waals surface area contributed by atoms with Crippen LogP contribution in [0.15, 0.2) is 24.3 Å². The Balaban J connectivity index is 1.24. The molecule has 2 amide bonds. The number of halogens is 1. The van der Waals surface area contributed by atoms with E-state index >= 15 is 4.39 Å². The van der Waals surface area contributed by atoms with E-state index in [9.17, 15) is 9.59 Å². The highest BCUT2D eigenvalue weighted by molar-refractivity contribution is 6.01. The minimum Gasteiger partial charge on any atom is -0.475 e. The number of anilines is 2. The standard InChI is InChI=1S/C24H28FN5O3/c1-15-18(6-5-17(27-15)22(31)26-2)30-12-10-29(11-13-30)14-16-4-7-19-21(20(16)25)28-23(32)24(33-19)8-3-9-24/h4-7H,3,8-14H2,1-2H3,(H,26,31)(H,28,32). The topological polar surface area (TPSA) is 86.8 Å². The van der Waals surface area contributed by atoms with Crippen LogP contribution >= 0.6 is 0 Å². The summed E-state index contributed by atoms with van der Waals surface area (Å²) in [7, 11) is 1.59. The predicted molar refractivity (Wildman–Crippen MR) is 122 cm³/mol. The van der Waals surface area contributed by atoms with Crippen LogP contribution in [0.1, 0.15) is 41.0 Å². The summed E-state index contributed by atoms with van der Waals surface area (Å²) in [5.41, 5.74) is 2.12. The Morgan fingerprint density at radius 2 is 1.97 bits per heavy atom. The number of nitrogens with zero attached hydrogens (tertiary/aromatic N) is 3. The Bertz CT molecular complexity index is 1110. The number of fused-ring (bicyclic) bond motifs is 1. The predicted octanol–water partition coefficient (Wildman–Crippen LogP) is 2.46. The van der Waals surface area contributed by atoms with Crippen molar-refractivity contribution in [2.75, 3.05) is 43.4 Å². The van der Waals surface area contributed by atoms with E-state index in [1.54, 1.807) is 25.2 Å². The largest absolute Gasteiger partial charge is 0.475 e. The highest BCUT2D eigenvalue weighted by Crippen LogP contribution is 2.45. The Morgan fingerprint density at radius 1 is 1.21 bits per heavy atom. The van der Waals surface area contributed by atoms with Crippen molar-refractivity contribution in [3.8, 4) is 5.75 Å². The normalized spacial score (nSPS) is 19.4. The first kappa shape index (κ1) is 21.6. The molecule has 3 heterocycles. The van der Waals surface area contributed by atoms with E-state index in [0.29, 0.717) is 36.4 Å². The van der Waals surface area contributed by atoms with Gasteiger partial charge in [0, 0.05) is 45.3 Å². The molecule has 2 aliphatic heterocycles. The van der Waals surface area contributed by atoms with Crippen molar-refractivity contribution < 1.29 is 18.7 Å². The Labute approximate surface area is 192 Å². The number of pyridine rings is 1. The minimum absolute atomic E-state index is 0.159. The van der Waals surface area contributed by atoms with Crippen LogP contribution in [0, 0.1) is 12.7 Å². The Morgan fingerprint density at radius 3 is 2.61 bits per heavy atom. The lowest BCUT2D eigenvalue weighted by Gasteiger charge is -2.43. The zero-order valence-electron chi connectivity index (χ0n) is 18.9. The molecular formula is C24H28FN5O3. The number of aryl methyl sites for hydroxylation is 1. The van der Waals surface area contributed by atoms with Crippen LogP contribution in [0.5, 0.6) is 5.75 Å². The van der Waals surface area contributed by atoms with Crippen LogP contribution in [0.2, 0.25) is 0 Å². The van der Waals surface area contributed by atoms with Crippen LogP contribution in [0.25, 0.3) is 0 Å². The first-order valence-corrected chi connectivity index (χ1v) is 11.4. The summed E-state index contributed by atoms with van der Waals surface area (Å²) in [6.45, 7) is 5.44. The molecule has 1 aromatic carbocycles. The first-order chi connectivity index (χ1) is 15.9. The fourth-order valence-electron chi connectivity index (χ4n) is 4.77. The number of carbonyl (C=O) groups excluding carboxylic acids is 2. The summed E-state index contributed by atoms with van der Waals surface area (Å²) in [5, 5.41) is 5.34. The van der Waals surface area contributed by atoms with E-state index < -0.39 is 11.4 Å². The van der Waals surface area contributed by atoms with Gasteiger partial charge in [0.05, 0.1) is 11.4 Å². The molecule has 0 bridgehead atoms. The molecule has 0 atom stereocenters. The molecule has 33 heavy (non-hydrogen) atoms. The number of nitrogens with one attached hydrogen (secondary N) is 2. The molecule has 2 N–H and O–H groups in total. The van der Waals surface area contributed by atoms with Crippen LogP contribution in [-0.2, 0) is 11.3 Å². The molecule has 2 aromatic rings. The van der Waals surface area contributed by atoms with Gasteiger partial charge in [-0.3, -0.25) is 14.5 Å². The number of hydrogen-bond donors (Lipinski definition) is 2.